The van der Waals surface area contributed by atoms with Gasteiger partial charge in [0.1, 0.15) is 12.6 Å². The van der Waals surface area contributed by atoms with Crippen molar-refractivity contribution in [2.24, 2.45) is 5.92 Å². The van der Waals surface area contributed by atoms with Crippen LogP contribution in [0.4, 0.5) is 4.79 Å². The Morgan fingerprint density at radius 3 is 2.03 bits per heavy atom. The molecule has 2 aromatic rings. The minimum Gasteiger partial charge on any atom is -0.449 e. The number of alkyl carbamates (subject to hydrolysis) is 1. The van der Waals surface area contributed by atoms with Gasteiger partial charge in [-0.15, -0.1) is 0 Å². The van der Waals surface area contributed by atoms with Crippen molar-refractivity contribution in [1.29, 1.82) is 0 Å². The van der Waals surface area contributed by atoms with E-state index >= 15 is 0 Å². The quantitative estimate of drug-likeness (QED) is 0.487. The van der Waals surface area contributed by atoms with Gasteiger partial charge in [0.05, 0.1) is 5.94 Å². The number of fused-ring (bicyclic) bond motifs is 3. The minimum absolute atomic E-state index is 0.0674. The third kappa shape index (κ3) is 5.45. The molecule has 31 heavy (non-hydrogen) atoms. The summed E-state index contributed by atoms with van der Waals surface area (Å²) in [6.07, 6.45) is -0.296. The van der Waals surface area contributed by atoms with Gasteiger partial charge in [0.25, 0.3) is 0 Å². The molecule has 7 nitrogen and oxygen atoms in total. The van der Waals surface area contributed by atoms with Gasteiger partial charge in [0.15, 0.2) is 0 Å². The monoisotopic (exact) mass is 424 g/mol. The maximum absolute atomic E-state index is 12.4. The molecule has 3 rings (SSSR count). The molecule has 0 bridgehead atoms. The lowest BCUT2D eigenvalue weighted by Crippen LogP contribution is -2.53. The summed E-state index contributed by atoms with van der Waals surface area (Å²) in [6, 6.07) is 15.2. The van der Waals surface area contributed by atoms with Crippen LogP contribution in [-0.4, -0.2) is 47.8 Å². The second-order valence-electron chi connectivity index (χ2n) is 8.35. The summed E-state index contributed by atoms with van der Waals surface area (Å²) in [7, 11) is -1.67. The summed E-state index contributed by atoms with van der Waals surface area (Å²) in [6.45, 7) is 5.51. The first kappa shape index (κ1) is 22.8. The molecule has 0 radical (unpaired) electrons. The van der Waals surface area contributed by atoms with Crippen LogP contribution >= 0.6 is 0 Å². The number of benzene rings is 2. The standard InChI is InChI=1S/C23H29BN2O5/c1-14(2)12-21(24(29)30)26-22(27)15(3)25-23(28)31-13-20-18-10-6-4-8-16(18)17-9-5-7-11-19(17)20/h4-11,14-15,20-21,29-30H,12-13H2,1-3H3,(H,25,28)(H,26,27)/t15-,21+/m1/s1. The Hall–Kier alpha value is -2.84. The third-order valence-electron chi connectivity index (χ3n) is 5.48. The summed E-state index contributed by atoms with van der Waals surface area (Å²) in [5.41, 5.74) is 4.49. The Morgan fingerprint density at radius 2 is 1.52 bits per heavy atom. The second kappa shape index (κ2) is 9.98. The van der Waals surface area contributed by atoms with E-state index in [0.717, 1.165) is 22.3 Å². The smallest absolute Gasteiger partial charge is 0.449 e. The van der Waals surface area contributed by atoms with Crippen LogP contribution in [0.15, 0.2) is 48.5 Å². The van der Waals surface area contributed by atoms with E-state index < -0.39 is 31.1 Å². The van der Waals surface area contributed by atoms with Crippen molar-refractivity contribution < 1.29 is 24.4 Å². The molecular formula is C23H29BN2O5. The summed E-state index contributed by atoms with van der Waals surface area (Å²) < 4.78 is 5.45. The third-order valence-corrected chi connectivity index (χ3v) is 5.48. The van der Waals surface area contributed by atoms with Crippen LogP contribution in [0.25, 0.3) is 11.1 Å². The molecule has 0 spiro atoms. The summed E-state index contributed by atoms with van der Waals surface area (Å²) >= 11 is 0. The number of carbonyl (C=O) groups is 2. The number of hydrogen-bond acceptors (Lipinski definition) is 5. The van der Waals surface area contributed by atoms with E-state index in [9.17, 15) is 19.6 Å². The SMILES string of the molecule is CC(C)C[C@H](NC(=O)[C@@H](C)NC(=O)OCC1c2ccccc2-c2ccccc21)B(O)O. The summed E-state index contributed by atoms with van der Waals surface area (Å²) in [4.78, 5) is 24.7. The fourth-order valence-corrected chi connectivity index (χ4v) is 3.95. The Labute approximate surface area is 183 Å². The predicted molar refractivity (Wildman–Crippen MR) is 119 cm³/mol. The van der Waals surface area contributed by atoms with E-state index in [0.29, 0.717) is 6.42 Å². The molecule has 0 aromatic heterocycles. The van der Waals surface area contributed by atoms with E-state index in [1.54, 1.807) is 0 Å². The first-order valence-electron chi connectivity index (χ1n) is 10.6. The predicted octanol–water partition coefficient (Wildman–Crippen LogP) is 2.46. The second-order valence-corrected chi connectivity index (χ2v) is 8.35. The number of ether oxygens (including phenoxy) is 1. The van der Waals surface area contributed by atoms with Gasteiger partial charge in [0.2, 0.25) is 5.91 Å². The average Bonchev–Trinajstić information content (AvgIpc) is 3.05. The van der Waals surface area contributed by atoms with Gasteiger partial charge in [-0.1, -0.05) is 62.4 Å². The maximum atomic E-state index is 12.4. The highest BCUT2D eigenvalue weighted by Crippen LogP contribution is 2.44. The van der Waals surface area contributed by atoms with Crippen LogP contribution in [0.1, 0.15) is 44.2 Å². The largest absolute Gasteiger partial charge is 0.475 e. The molecule has 2 amide bonds. The van der Waals surface area contributed by atoms with Crippen LogP contribution in [-0.2, 0) is 9.53 Å². The number of nitrogens with one attached hydrogen (secondary N) is 2. The maximum Gasteiger partial charge on any atom is 0.475 e. The zero-order valence-corrected chi connectivity index (χ0v) is 18.0. The van der Waals surface area contributed by atoms with Crippen LogP contribution < -0.4 is 10.6 Å². The van der Waals surface area contributed by atoms with Crippen molar-refractivity contribution >= 4 is 19.1 Å². The van der Waals surface area contributed by atoms with Crippen molar-refractivity contribution in [3.63, 3.8) is 0 Å². The van der Waals surface area contributed by atoms with Crippen LogP contribution in [0.2, 0.25) is 0 Å². The van der Waals surface area contributed by atoms with Crippen molar-refractivity contribution in [2.45, 2.75) is 45.1 Å². The van der Waals surface area contributed by atoms with Crippen molar-refractivity contribution in [3.05, 3.63) is 59.7 Å². The molecule has 2 aromatic carbocycles. The van der Waals surface area contributed by atoms with Crippen molar-refractivity contribution in [1.82, 2.24) is 10.6 Å². The van der Waals surface area contributed by atoms with E-state index in [1.165, 1.54) is 6.92 Å². The summed E-state index contributed by atoms with van der Waals surface area (Å²) in [5, 5.41) is 24.0. The molecule has 2 atom stereocenters. The first-order chi connectivity index (χ1) is 14.8. The minimum atomic E-state index is -1.67. The van der Waals surface area contributed by atoms with Crippen LogP contribution in [0, 0.1) is 5.92 Å². The van der Waals surface area contributed by atoms with Crippen molar-refractivity contribution in [2.75, 3.05) is 6.61 Å². The average molecular weight is 424 g/mol. The molecule has 1 aliphatic rings. The molecule has 164 valence electrons. The number of rotatable bonds is 8. The van der Waals surface area contributed by atoms with Gasteiger partial charge in [-0.05, 0) is 41.5 Å². The molecule has 0 unspecified atom stereocenters. The van der Waals surface area contributed by atoms with E-state index in [1.807, 2.05) is 50.2 Å². The molecule has 0 saturated carbocycles. The molecule has 0 fully saturated rings. The normalized spacial score (nSPS) is 14.4. The van der Waals surface area contributed by atoms with Crippen LogP contribution in [0.3, 0.4) is 0 Å². The van der Waals surface area contributed by atoms with Gasteiger partial charge >= 0.3 is 13.2 Å². The topological polar surface area (TPSA) is 108 Å². The lowest BCUT2D eigenvalue weighted by atomic mass is 9.75. The lowest BCUT2D eigenvalue weighted by molar-refractivity contribution is -0.123. The number of amides is 2. The van der Waals surface area contributed by atoms with Gasteiger partial charge in [0, 0.05) is 5.92 Å². The van der Waals surface area contributed by atoms with Crippen molar-refractivity contribution in [3.8, 4) is 11.1 Å². The molecule has 8 heteroatoms. The molecule has 0 saturated heterocycles. The number of carbonyl (C=O) groups excluding carboxylic acids is 2. The zero-order chi connectivity index (χ0) is 22.5. The zero-order valence-electron chi connectivity index (χ0n) is 18.0. The van der Waals surface area contributed by atoms with E-state index in [4.69, 9.17) is 4.74 Å². The Balaban J connectivity index is 1.57. The van der Waals surface area contributed by atoms with E-state index in [-0.39, 0.29) is 18.4 Å². The summed E-state index contributed by atoms with van der Waals surface area (Å²) in [5.74, 6) is -1.22. The molecule has 0 aliphatic heterocycles. The highest BCUT2D eigenvalue weighted by molar-refractivity contribution is 6.43. The molecule has 1 aliphatic carbocycles. The highest BCUT2D eigenvalue weighted by atomic mass is 16.5. The van der Waals surface area contributed by atoms with Gasteiger partial charge in [-0.3, -0.25) is 4.79 Å². The first-order valence-corrected chi connectivity index (χ1v) is 10.6. The van der Waals surface area contributed by atoms with Gasteiger partial charge in [-0.25, -0.2) is 4.79 Å². The van der Waals surface area contributed by atoms with Gasteiger partial charge < -0.3 is 25.4 Å². The van der Waals surface area contributed by atoms with Crippen LogP contribution in [0.5, 0.6) is 0 Å². The fraction of sp³-hybridized carbons (Fsp3) is 0.391. The molecular weight excluding hydrogens is 395 g/mol. The number of hydrogen-bond donors (Lipinski definition) is 4. The Kier molecular flexibility index (Phi) is 7.35. The molecule has 0 heterocycles. The van der Waals surface area contributed by atoms with E-state index in [2.05, 4.69) is 22.8 Å². The van der Waals surface area contributed by atoms with Gasteiger partial charge in [-0.2, -0.15) is 0 Å². The molecule has 4 N–H and O–H groups in total. The Morgan fingerprint density at radius 1 is 0.968 bits per heavy atom. The lowest BCUT2D eigenvalue weighted by Gasteiger charge is -2.22. The highest BCUT2D eigenvalue weighted by Gasteiger charge is 2.30. The fourth-order valence-electron chi connectivity index (χ4n) is 3.95. The Bertz CT molecular complexity index is 888.